The molecule has 0 spiro atoms. The van der Waals surface area contributed by atoms with Crippen molar-refractivity contribution in [3.63, 3.8) is 0 Å². The minimum absolute atomic E-state index is 0. The van der Waals surface area contributed by atoms with Crippen LogP contribution in [0.5, 0.6) is 0 Å². The fourth-order valence-corrected chi connectivity index (χ4v) is 3.55. The van der Waals surface area contributed by atoms with Crippen LogP contribution in [0.3, 0.4) is 0 Å². The molecule has 0 aliphatic carbocycles. The molecule has 0 radical (unpaired) electrons. The number of likely N-dealkylation sites (tertiary alicyclic amines) is 1. The van der Waals surface area contributed by atoms with Crippen molar-refractivity contribution in [2.75, 3.05) is 26.4 Å². The van der Waals surface area contributed by atoms with E-state index in [1.807, 2.05) is 19.2 Å². The minimum Gasteiger partial charge on any atom is -0.356 e. The third kappa shape index (κ3) is 4.67. The average molecular weight is 479 g/mol. The van der Waals surface area contributed by atoms with Crippen LogP contribution in [0.25, 0.3) is 0 Å². The highest BCUT2D eigenvalue weighted by Crippen LogP contribution is 2.46. The Morgan fingerprint density at radius 2 is 1.76 bits per heavy atom. The van der Waals surface area contributed by atoms with Crippen molar-refractivity contribution in [3.05, 3.63) is 29.8 Å². The second-order valence-corrected chi connectivity index (χ2v) is 9.68. The number of hydrogen-bond acceptors (Lipinski definition) is 3. The summed E-state index contributed by atoms with van der Waals surface area (Å²) in [5, 5.41) is 3.42. The summed E-state index contributed by atoms with van der Waals surface area (Å²) in [5.74, 6) is 0.923. The van der Waals surface area contributed by atoms with Crippen LogP contribution in [0.4, 0.5) is 0 Å². The van der Waals surface area contributed by atoms with Gasteiger partial charge in [0, 0.05) is 37.3 Å². The summed E-state index contributed by atoms with van der Waals surface area (Å²) in [5.41, 5.74) is 1.45. The second kappa shape index (κ2) is 7.82. The van der Waals surface area contributed by atoms with Crippen LogP contribution in [0.2, 0.25) is 0 Å². The third-order valence-electron chi connectivity index (χ3n) is 5.40. The Morgan fingerprint density at radius 3 is 2.16 bits per heavy atom. The monoisotopic (exact) mass is 479 g/mol. The van der Waals surface area contributed by atoms with Crippen LogP contribution in [-0.2, 0) is 16.3 Å². The molecule has 1 fully saturated rings. The van der Waals surface area contributed by atoms with E-state index in [1.54, 1.807) is 12.1 Å². The van der Waals surface area contributed by atoms with Gasteiger partial charge in [-0.15, -0.1) is 24.0 Å². The highest BCUT2D eigenvalue weighted by atomic mass is 127. The summed E-state index contributed by atoms with van der Waals surface area (Å²) < 4.78 is 23.0. The van der Waals surface area contributed by atoms with Crippen molar-refractivity contribution in [3.8, 4) is 0 Å². The van der Waals surface area contributed by atoms with E-state index in [9.17, 15) is 8.42 Å². The molecule has 1 aliphatic heterocycles. The average Bonchev–Trinajstić information content (AvgIpc) is 2.49. The van der Waals surface area contributed by atoms with Gasteiger partial charge in [0.2, 0.25) is 0 Å². The van der Waals surface area contributed by atoms with E-state index < -0.39 is 9.84 Å². The standard InChI is InChI=1S/C18H29N3O2S.HI/c1-17(2)13-21(18(17,3)4)16(19-5)20-12-11-14-7-9-15(10-8-14)24(6,22)23;/h7-10H,11-13H2,1-6H3,(H,19,20);1H. The van der Waals surface area contributed by atoms with E-state index in [1.165, 1.54) is 6.26 Å². The van der Waals surface area contributed by atoms with E-state index in [2.05, 4.69) is 42.9 Å². The highest BCUT2D eigenvalue weighted by Gasteiger charge is 2.53. The molecule has 142 valence electrons. The molecule has 0 atom stereocenters. The zero-order chi connectivity index (χ0) is 18.2. The lowest BCUT2D eigenvalue weighted by Gasteiger charge is -2.62. The molecule has 5 nitrogen and oxygen atoms in total. The maximum atomic E-state index is 11.5. The second-order valence-electron chi connectivity index (χ2n) is 7.67. The van der Waals surface area contributed by atoms with Crippen molar-refractivity contribution in [2.45, 2.75) is 44.6 Å². The lowest BCUT2D eigenvalue weighted by Crippen LogP contribution is -2.72. The molecule has 1 heterocycles. The SMILES string of the molecule is CN=C(NCCc1ccc(S(C)(=O)=O)cc1)N1CC(C)(C)C1(C)C.I. The lowest BCUT2D eigenvalue weighted by molar-refractivity contribution is -0.0666. The Hall–Kier alpha value is -0.830. The van der Waals surface area contributed by atoms with E-state index in [4.69, 9.17) is 0 Å². The van der Waals surface area contributed by atoms with Gasteiger partial charge in [0.1, 0.15) is 0 Å². The van der Waals surface area contributed by atoms with Gasteiger partial charge in [-0.2, -0.15) is 0 Å². The molecule has 1 N–H and O–H groups in total. The maximum Gasteiger partial charge on any atom is 0.194 e. The van der Waals surface area contributed by atoms with E-state index in [-0.39, 0.29) is 34.9 Å². The van der Waals surface area contributed by atoms with Crippen LogP contribution in [0.1, 0.15) is 33.3 Å². The third-order valence-corrected chi connectivity index (χ3v) is 6.53. The predicted octanol–water partition coefficient (Wildman–Crippen LogP) is 2.95. The number of guanidine groups is 1. The molecule has 25 heavy (non-hydrogen) atoms. The summed E-state index contributed by atoms with van der Waals surface area (Å²) in [6.45, 7) is 10.8. The Labute approximate surface area is 169 Å². The van der Waals surface area contributed by atoms with Crippen molar-refractivity contribution >= 4 is 39.8 Å². The van der Waals surface area contributed by atoms with E-state index >= 15 is 0 Å². The number of sulfone groups is 1. The Bertz CT molecular complexity index is 725. The Kier molecular flexibility index (Phi) is 6.94. The van der Waals surface area contributed by atoms with Crippen LogP contribution in [-0.4, -0.2) is 51.2 Å². The van der Waals surface area contributed by atoms with Gasteiger partial charge in [0.25, 0.3) is 0 Å². The first-order chi connectivity index (χ1) is 11.0. The van der Waals surface area contributed by atoms with Gasteiger partial charge >= 0.3 is 0 Å². The minimum atomic E-state index is -3.13. The molecule has 1 saturated heterocycles. The van der Waals surface area contributed by atoms with Crippen molar-refractivity contribution < 1.29 is 8.42 Å². The number of benzene rings is 1. The Morgan fingerprint density at radius 1 is 1.20 bits per heavy atom. The molecule has 0 aromatic heterocycles. The number of nitrogens with zero attached hydrogens (tertiary/aromatic N) is 2. The summed E-state index contributed by atoms with van der Waals surface area (Å²) >= 11 is 0. The molecular weight excluding hydrogens is 449 g/mol. The molecule has 1 aliphatic rings. The normalized spacial score (nSPS) is 19.0. The maximum absolute atomic E-state index is 11.5. The number of hydrogen-bond donors (Lipinski definition) is 1. The fourth-order valence-electron chi connectivity index (χ4n) is 2.92. The van der Waals surface area contributed by atoms with Gasteiger partial charge in [0.15, 0.2) is 15.8 Å². The van der Waals surface area contributed by atoms with Gasteiger partial charge in [-0.1, -0.05) is 26.0 Å². The summed E-state index contributed by atoms with van der Waals surface area (Å²) in [7, 11) is -1.32. The van der Waals surface area contributed by atoms with Gasteiger partial charge < -0.3 is 10.2 Å². The fraction of sp³-hybridized carbons (Fsp3) is 0.611. The number of halogens is 1. The first-order valence-electron chi connectivity index (χ1n) is 8.26. The predicted molar refractivity (Wildman–Crippen MR) is 115 cm³/mol. The summed E-state index contributed by atoms with van der Waals surface area (Å²) in [4.78, 5) is 7.07. The molecule has 7 heteroatoms. The lowest BCUT2D eigenvalue weighted by atomic mass is 9.65. The van der Waals surface area contributed by atoms with Gasteiger partial charge in [-0.3, -0.25) is 4.99 Å². The first kappa shape index (κ1) is 22.2. The zero-order valence-electron chi connectivity index (χ0n) is 16.0. The molecule has 0 saturated carbocycles. The summed E-state index contributed by atoms with van der Waals surface area (Å²) in [6.07, 6.45) is 2.05. The van der Waals surface area contributed by atoms with Crippen LogP contribution >= 0.6 is 24.0 Å². The number of nitrogens with one attached hydrogen (secondary N) is 1. The topological polar surface area (TPSA) is 61.8 Å². The van der Waals surface area contributed by atoms with Crippen molar-refractivity contribution in [2.24, 2.45) is 10.4 Å². The molecule has 0 bridgehead atoms. The number of aliphatic imine (C=N–C) groups is 1. The van der Waals surface area contributed by atoms with E-state index in [0.717, 1.165) is 31.0 Å². The largest absolute Gasteiger partial charge is 0.356 e. The summed E-state index contributed by atoms with van der Waals surface area (Å²) in [6, 6.07) is 7.08. The van der Waals surface area contributed by atoms with Crippen LogP contribution in [0, 0.1) is 5.41 Å². The quantitative estimate of drug-likeness (QED) is 0.410. The number of rotatable bonds is 4. The highest BCUT2D eigenvalue weighted by molar-refractivity contribution is 14.0. The van der Waals surface area contributed by atoms with Crippen LogP contribution < -0.4 is 5.32 Å². The van der Waals surface area contributed by atoms with Gasteiger partial charge in [-0.05, 0) is 38.0 Å². The molecule has 2 rings (SSSR count). The van der Waals surface area contributed by atoms with Gasteiger partial charge in [-0.25, -0.2) is 8.42 Å². The molecule has 1 aromatic carbocycles. The smallest absolute Gasteiger partial charge is 0.194 e. The molecule has 0 amide bonds. The van der Waals surface area contributed by atoms with Crippen molar-refractivity contribution in [1.29, 1.82) is 0 Å². The van der Waals surface area contributed by atoms with Crippen molar-refractivity contribution in [1.82, 2.24) is 10.2 Å². The first-order valence-corrected chi connectivity index (χ1v) is 10.2. The van der Waals surface area contributed by atoms with Crippen LogP contribution in [0.15, 0.2) is 34.2 Å². The molecular formula is C18H30IN3O2S. The zero-order valence-corrected chi connectivity index (χ0v) is 19.1. The van der Waals surface area contributed by atoms with E-state index in [0.29, 0.717) is 4.90 Å². The Balaban J connectivity index is 0.00000312. The molecule has 1 aromatic rings. The molecule has 0 unspecified atom stereocenters. The van der Waals surface area contributed by atoms with Gasteiger partial charge in [0.05, 0.1) is 4.90 Å².